The van der Waals surface area contributed by atoms with E-state index >= 15 is 0 Å². The normalized spacial score (nSPS) is 14.5. The summed E-state index contributed by atoms with van der Waals surface area (Å²) in [5.41, 5.74) is 0. The van der Waals surface area contributed by atoms with Crippen molar-refractivity contribution in [3.05, 3.63) is 12.7 Å². The predicted octanol–water partition coefficient (Wildman–Crippen LogP) is 1.88. The van der Waals surface area contributed by atoms with Crippen LogP contribution in [0.1, 0.15) is 27.7 Å². The SMILES string of the molecule is C=C[C@H](C)C(=O)N(C)[C@H](C(C)=O)C(C)C. The van der Waals surface area contributed by atoms with Crippen molar-refractivity contribution in [2.24, 2.45) is 11.8 Å². The van der Waals surface area contributed by atoms with Gasteiger partial charge in [-0.15, -0.1) is 6.58 Å². The van der Waals surface area contributed by atoms with Gasteiger partial charge in [-0.3, -0.25) is 9.59 Å². The first-order valence-electron chi connectivity index (χ1n) is 5.22. The van der Waals surface area contributed by atoms with Crippen molar-refractivity contribution >= 4 is 11.7 Å². The van der Waals surface area contributed by atoms with E-state index in [0.717, 1.165) is 0 Å². The summed E-state index contributed by atoms with van der Waals surface area (Å²) in [6.07, 6.45) is 1.59. The number of carbonyl (C=O) groups is 2. The van der Waals surface area contributed by atoms with Gasteiger partial charge >= 0.3 is 0 Å². The summed E-state index contributed by atoms with van der Waals surface area (Å²) in [6.45, 7) is 10.8. The number of Topliss-reactive ketones (excluding diaryl/α,β-unsaturated/α-hetero) is 1. The maximum atomic E-state index is 11.8. The molecule has 1 amide bonds. The third-order valence-electron chi connectivity index (χ3n) is 2.56. The molecular weight excluding hydrogens is 190 g/mol. The van der Waals surface area contributed by atoms with Gasteiger partial charge in [-0.05, 0) is 12.8 Å². The number of amides is 1. The molecule has 0 radical (unpaired) electrons. The van der Waals surface area contributed by atoms with Crippen LogP contribution in [0.4, 0.5) is 0 Å². The van der Waals surface area contributed by atoms with Gasteiger partial charge in [0, 0.05) is 7.05 Å². The van der Waals surface area contributed by atoms with Gasteiger partial charge in [0.1, 0.15) is 0 Å². The van der Waals surface area contributed by atoms with E-state index in [4.69, 9.17) is 0 Å². The van der Waals surface area contributed by atoms with Crippen LogP contribution in [-0.4, -0.2) is 29.7 Å². The Hall–Kier alpha value is -1.12. The quantitative estimate of drug-likeness (QED) is 0.651. The summed E-state index contributed by atoms with van der Waals surface area (Å²) in [7, 11) is 1.68. The number of likely N-dealkylation sites (N-methyl/N-ethyl adjacent to an activating group) is 1. The van der Waals surface area contributed by atoms with Crippen LogP contribution >= 0.6 is 0 Å². The zero-order valence-electron chi connectivity index (χ0n) is 10.3. The van der Waals surface area contributed by atoms with Crippen LogP contribution in [0.15, 0.2) is 12.7 Å². The fraction of sp³-hybridized carbons (Fsp3) is 0.667. The fourth-order valence-electron chi connectivity index (χ4n) is 1.75. The third-order valence-corrected chi connectivity index (χ3v) is 2.56. The second-order valence-electron chi connectivity index (χ2n) is 4.27. The lowest BCUT2D eigenvalue weighted by Crippen LogP contribution is -2.46. The van der Waals surface area contributed by atoms with E-state index in [1.807, 2.05) is 13.8 Å². The van der Waals surface area contributed by atoms with E-state index in [0.29, 0.717) is 0 Å². The maximum absolute atomic E-state index is 11.8. The molecule has 0 N–H and O–H groups in total. The van der Waals surface area contributed by atoms with E-state index in [-0.39, 0.29) is 29.6 Å². The molecule has 3 nitrogen and oxygen atoms in total. The zero-order chi connectivity index (χ0) is 12.2. The van der Waals surface area contributed by atoms with Crippen LogP contribution in [-0.2, 0) is 9.59 Å². The Morgan fingerprint density at radius 2 is 1.73 bits per heavy atom. The van der Waals surface area contributed by atoms with Gasteiger partial charge in [-0.2, -0.15) is 0 Å². The van der Waals surface area contributed by atoms with Crippen LogP contribution in [0.2, 0.25) is 0 Å². The maximum Gasteiger partial charge on any atom is 0.229 e. The van der Waals surface area contributed by atoms with Gasteiger partial charge in [-0.1, -0.05) is 26.8 Å². The zero-order valence-corrected chi connectivity index (χ0v) is 10.3. The number of rotatable bonds is 5. The number of hydrogen-bond donors (Lipinski definition) is 0. The number of ketones is 1. The molecule has 0 unspecified atom stereocenters. The van der Waals surface area contributed by atoms with E-state index in [9.17, 15) is 9.59 Å². The van der Waals surface area contributed by atoms with Crippen molar-refractivity contribution < 1.29 is 9.59 Å². The number of hydrogen-bond acceptors (Lipinski definition) is 2. The molecule has 0 aromatic heterocycles. The summed E-state index contributed by atoms with van der Waals surface area (Å²) < 4.78 is 0. The van der Waals surface area contributed by atoms with E-state index in [1.54, 1.807) is 20.0 Å². The van der Waals surface area contributed by atoms with Gasteiger partial charge in [-0.25, -0.2) is 0 Å². The highest BCUT2D eigenvalue weighted by molar-refractivity contribution is 5.88. The molecule has 0 rings (SSSR count). The minimum Gasteiger partial charge on any atom is -0.335 e. The molecule has 0 bridgehead atoms. The third kappa shape index (κ3) is 3.50. The van der Waals surface area contributed by atoms with Crippen LogP contribution in [0, 0.1) is 11.8 Å². The monoisotopic (exact) mass is 211 g/mol. The van der Waals surface area contributed by atoms with Crippen molar-refractivity contribution in [1.82, 2.24) is 4.90 Å². The number of carbonyl (C=O) groups excluding carboxylic acids is 2. The predicted molar refractivity (Wildman–Crippen MR) is 61.4 cm³/mol. The summed E-state index contributed by atoms with van der Waals surface area (Å²) in [6, 6.07) is -0.333. The first kappa shape index (κ1) is 13.9. The fourth-order valence-corrected chi connectivity index (χ4v) is 1.75. The first-order chi connectivity index (χ1) is 6.82. The van der Waals surface area contributed by atoms with Crippen molar-refractivity contribution in [2.75, 3.05) is 7.05 Å². The van der Waals surface area contributed by atoms with Crippen LogP contribution < -0.4 is 0 Å². The molecule has 0 saturated carbocycles. The summed E-state index contributed by atoms with van der Waals surface area (Å²) in [5.74, 6) is -0.139. The first-order valence-corrected chi connectivity index (χ1v) is 5.22. The molecule has 0 saturated heterocycles. The van der Waals surface area contributed by atoms with Gasteiger partial charge in [0.2, 0.25) is 5.91 Å². The lowest BCUT2D eigenvalue weighted by Gasteiger charge is -2.30. The van der Waals surface area contributed by atoms with Crippen LogP contribution in [0.25, 0.3) is 0 Å². The Kier molecular flexibility index (Phi) is 5.26. The van der Waals surface area contributed by atoms with Gasteiger partial charge in [0.15, 0.2) is 5.78 Å². The Bertz CT molecular complexity index is 258. The average Bonchev–Trinajstić information content (AvgIpc) is 2.14. The molecule has 0 aliphatic rings. The molecule has 0 heterocycles. The Morgan fingerprint density at radius 1 is 1.27 bits per heavy atom. The lowest BCUT2D eigenvalue weighted by atomic mass is 9.98. The van der Waals surface area contributed by atoms with E-state index in [2.05, 4.69) is 6.58 Å². The van der Waals surface area contributed by atoms with E-state index in [1.165, 1.54) is 11.8 Å². The molecule has 86 valence electrons. The average molecular weight is 211 g/mol. The van der Waals surface area contributed by atoms with Gasteiger partial charge in [0.25, 0.3) is 0 Å². The van der Waals surface area contributed by atoms with Crippen molar-refractivity contribution in [2.45, 2.75) is 33.7 Å². The lowest BCUT2D eigenvalue weighted by molar-refractivity contribution is -0.140. The van der Waals surface area contributed by atoms with Crippen molar-refractivity contribution in [3.63, 3.8) is 0 Å². The second-order valence-corrected chi connectivity index (χ2v) is 4.27. The summed E-state index contributed by atoms with van der Waals surface area (Å²) in [5, 5.41) is 0. The van der Waals surface area contributed by atoms with Crippen molar-refractivity contribution in [1.29, 1.82) is 0 Å². The molecule has 0 aliphatic carbocycles. The van der Waals surface area contributed by atoms with Crippen molar-refractivity contribution in [3.8, 4) is 0 Å². The number of nitrogens with zero attached hydrogens (tertiary/aromatic N) is 1. The molecule has 3 heteroatoms. The molecule has 15 heavy (non-hydrogen) atoms. The topological polar surface area (TPSA) is 37.4 Å². The molecule has 2 atom stereocenters. The highest BCUT2D eigenvalue weighted by Gasteiger charge is 2.28. The summed E-state index contributed by atoms with van der Waals surface area (Å²) >= 11 is 0. The summed E-state index contributed by atoms with van der Waals surface area (Å²) in [4.78, 5) is 24.8. The molecule has 0 aromatic rings. The standard InChI is InChI=1S/C12H21NO2/c1-7-9(4)12(15)13(6)11(8(2)3)10(5)14/h7-9,11H,1H2,2-6H3/t9-,11-/m0/s1. The Morgan fingerprint density at radius 3 is 2.00 bits per heavy atom. The smallest absolute Gasteiger partial charge is 0.229 e. The molecule has 0 fully saturated rings. The van der Waals surface area contributed by atoms with E-state index < -0.39 is 0 Å². The molecular formula is C12H21NO2. The molecule has 0 aromatic carbocycles. The Balaban J connectivity index is 4.78. The Labute approximate surface area is 92.1 Å². The minimum absolute atomic E-state index is 0.0251. The highest BCUT2D eigenvalue weighted by atomic mass is 16.2. The van der Waals surface area contributed by atoms with Crippen LogP contribution in [0.5, 0.6) is 0 Å². The largest absolute Gasteiger partial charge is 0.335 e. The molecule has 0 aliphatic heterocycles. The van der Waals surface area contributed by atoms with Gasteiger partial charge in [0.05, 0.1) is 12.0 Å². The minimum atomic E-state index is -0.333. The van der Waals surface area contributed by atoms with Crippen LogP contribution in [0.3, 0.4) is 0 Å². The van der Waals surface area contributed by atoms with Gasteiger partial charge < -0.3 is 4.90 Å². The second kappa shape index (κ2) is 5.69. The highest BCUT2D eigenvalue weighted by Crippen LogP contribution is 2.13. The molecule has 0 spiro atoms.